The van der Waals surface area contributed by atoms with Gasteiger partial charge in [0.2, 0.25) is 0 Å². The maximum atomic E-state index is 13.2. The number of halogens is 2. The molecule has 2 aromatic rings. The van der Waals surface area contributed by atoms with Crippen LogP contribution >= 0.6 is 0 Å². The van der Waals surface area contributed by atoms with Crippen LogP contribution in [0.3, 0.4) is 0 Å². The average molecular weight is 329 g/mol. The van der Waals surface area contributed by atoms with Crippen LogP contribution in [0.5, 0.6) is 0 Å². The van der Waals surface area contributed by atoms with Crippen LogP contribution in [0.2, 0.25) is 0 Å². The van der Waals surface area contributed by atoms with Crippen LogP contribution in [-0.2, 0) is 4.74 Å². The van der Waals surface area contributed by atoms with Gasteiger partial charge < -0.3 is 4.74 Å². The van der Waals surface area contributed by atoms with Gasteiger partial charge in [-0.25, -0.2) is 8.78 Å². The Morgan fingerprint density at radius 3 is 1.88 bits per heavy atom. The van der Waals surface area contributed by atoms with Crippen LogP contribution in [0.25, 0.3) is 5.57 Å². The lowest BCUT2D eigenvalue weighted by Crippen LogP contribution is -2.36. The molecule has 4 heteroatoms. The molecule has 24 heavy (non-hydrogen) atoms. The number of nitrogens with zero attached hydrogens (tertiary/aromatic N) is 1. The zero-order valence-electron chi connectivity index (χ0n) is 13.6. The third-order valence-electron chi connectivity index (χ3n) is 4.21. The van der Waals surface area contributed by atoms with E-state index in [1.165, 1.54) is 24.3 Å². The first kappa shape index (κ1) is 16.8. The van der Waals surface area contributed by atoms with Crippen molar-refractivity contribution in [3.63, 3.8) is 0 Å². The summed E-state index contributed by atoms with van der Waals surface area (Å²) >= 11 is 0. The van der Waals surface area contributed by atoms with E-state index in [9.17, 15) is 8.78 Å². The van der Waals surface area contributed by atoms with Gasteiger partial charge in [0.1, 0.15) is 11.6 Å². The van der Waals surface area contributed by atoms with Gasteiger partial charge in [-0.15, -0.1) is 0 Å². The predicted molar refractivity (Wildman–Crippen MR) is 91.8 cm³/mol. The molecule has 3 rings (SSSR count). The fourth-order valence-electron chi connectivity index (χ4n) is 2.88. The Balaban J connectivity index is 1.79. The number of rotatable bonds is 5. The summed E-state index contributed by atoms with van der Waals surface area (Å²) in [5, 5.41) is 0. The van der Waals surface area contributed by atoms with Crippen molar-refractivity contribution in [2.45, 2.75) is 6.42 Å². The minimum absolute atomic E-state index is 0.259. The van der Waals surface area contributed by atoms with E-state index in [-0.39, 0.29) is 11.6 Å². The van der Waals surface area contributed by atoms with Crippen molar-refractivity contribution in [3.8, 4) is 0 Å². The van der Waals surface area contributed by atoms with Crippen LogP contribution in [0.4, 0.5) is 8.78 Å². The maximum Gasteiger partial charge on any atom is 0.123 e. The third kappa shape index (κ3) is 4.49. The van der Waals surface area contributed by atoms with Gasteiger partial charge in [0, 0.05) is 19.6 Å². The molecule has 0 radical (unpaired) electrons. The zero-order valence-corrected chi connectivity index (χ0v) is 13.6. The average Bonchev–Trinajstić information content (AvgIpc) is 2.62. The fraction of sp³-hybridized carbons (Fsp3) is 0.300. The normalized spacial score (nSPS) is 15.2. The van der Waals surface area contributed by atoms with E-state index >= 15 is 0 Å². The van der Waals surface area contributed by atoms with E-state index in [2.05, 4.69) is 11.0 Å². The number of morpholine rings is 1. The minimum atomic E-state index is -0.259. The van der Waals surface area contributed by atoms with Crippen LogP contribution in [0.1, 0.15) is 17.5 Å². The molecule has 0 aliphatic carbocycles. The van der Waals surface area contributed by atoms with Crippen molar-refractivity contribution in [2.24, 2.45) is 0 Å². The summed E-state index contributed by atoms with van der Waals surface area (Å²) in [6.07, 6.45) is 3.03. The second kappa shape index (κ2) is 8.18. The van der Waals surface area contributed by atoms with E-state index in [0.717, 1.165) is 56.0 Å². The Morgan fingerprint density at radius 2 is 1.38 bits per heavy atom. The van der Waals surface area contributed by atoms with Crippen molar-refractivity contribution in [1.29, 1.82) is 0 Å². The van der Waals surface area contributed by atoms with E-state index in [1.54, 1.807) is 24.3 Å². The van der Waals surface area contributed by atoms with Crippen LogP contribution < -0.4 is 0 Å². The molecule has 0 aromatic heterocycles. The first-order valence-corrected chi connectivity index (χ1v) is 8.24. The standard InChI is InChI=1S/C20H21F2NO/c21-18-7-3-16(4-8-18)20(17-5-9-19(22)10-6-17)2-1-11-23-12-14-24-15-13-23/h2-10H,1,11-15H2. The molecule has 0 amide bonds. The molecule has 0 unspecified atom stereocenters. The molecule has 1 heterocycles. The van der Waals surface area contributed by atoms with E-state index in [0.29, 0.717) is 0 Å². The lowest BCUT2D eigenvalue weighted by Gasteiger charge is -2.26. The number of ether oxygens (including phenoxy) is 1. The van der Waals surface area contributed by atoms with Crippen molar-refractivity contribution in [2.75, 3.05) is 32.8 Å². The summed E-state index contributed by atoms with van der Waals surface area (Å²) in [6.45, 7) is 4.43. The van der Waals surface area contributed by atoms with Gasteiger partial charge in [0.15, 0.2) is 0 Å². The van der Waals surface area contributed by atoms with Gasteiger partial charge in [-0.2, -0.15) is 0 Å². The molecule has 1 aliphatic heterocycles. The molecule has 0 atom stereocenters. The maximum absolute atomic E-state index is 13.2. The highest BCUT2D eigenvalue weighted by atomic mass is 19.1. The van der Waals surface area contributed by atoms with Crippen LogP contribution in [0.15, 0.2) is 54.6 Å². The summed E-state index contributed by atoms with van der Waals surface area (Å²) in [5.41, 5.74) is 2.87. The highest BCUT2D eigenvalue weighted by Crippen LogP contribution is 2.24. The predicted octanol–water partition coefficient (Wildman–Crippen LogP) is 4.12. The lowest BCUT2D eigenvalue weighted by molar-refractivity contribution is 0.0387. The van der Waals surface area contributed by atoms with Crippen LogP contribution in [0, 0.1) is 11.6 Å². The highest BCUT2D eigenvalue weighted by molar-refractivity contribution is 5.79. The molecule has 0 N–H and O–H groups in total. The molecule has 2 aromatic carbocycles. The largest absolute Gasteiger partial charge is 0.379 e. The number of hydrogen-bond donors (Lipinski definition) is 0. The quantitative estimate of drug-likeness (QED) is 0.818. The number of hydrogen-bond acceptors (Lipinski definition) is 2. The van der Waals surface area contributed by atoms with Gasteiger partial charge >= 0.3 is 0 Å². The fourth-order valence-corrected chi connectivity index (χ4v) is 2.88. The zero-order chi connectivity index (χ0) is 16.8. The Hall–Kier alpha value is -2.04. The number of benzene rings is 2. The summed E-state index contributed by atoms with van der Waals surface area (Å²) in [7, 11) is 0. The Kier molecular flexibility index (Phi) is 5.72. The second-order valence-electron chi connectivity index (χ2n) is 5.87. The highest BCUT2D eigenvalue weighted by Gasteiger charge is 2.10. The van der Waals surface area contributed by atoms with Crippen LogP contribution in [-0.4, -0.2) is 37.7 Å². The Bertz CT molecular complexity index is 626. The molecule has 1 aliphatic rings. The molecule has 0 saturated carbocycles. The minimum Gasteiger partial charge on any atom is -0.379 e. The van der Waals surface area contributed by atoms with Crippen molar-refractivity contribution >= 4 is 5.57 Å². The molecule has 2 nitrogen and oxygen atoms in total. The molecule has 1 saturated heterocycles. The van der Waals surface area contributed by atoms with Gasteiger partial charge in [-0.3, -0.25) is 4.90 Å². The molecule has 126 valence electrons. The summed E-state index contributed by atoms with van der Waals surface area (Å²) in [6, 6.07) is 12.9. The van der Waals surface area contributed by atoms with Crippen molar-refractivity contribution < 1.29 is 13.5 Å². The Labute approximate surface area is 141 Å². The summed E-state index contributed by atoms with van der Waals surface area (Å²) in [5.74, 6) is -0.518. The van der Waals surface area contributed by atoms with E-state index in [4.69, 9.17) is 4.74 Å². The van der Waals surface area contributed by atoms with E-state index < -0.39 is 0 Å². The summed E-state index contributed by atoms with van der Waals surface area (Å²) in [4.78, 5) is 2.37. The van der Waals surface area contributed by atoms with Crippen molar-refractivity contribution in [1.82, 2.24) is 4.90 Å². The SMILES string of the molecule is Fc1ccc(C(=CCCN2CCOCC2)c2ccc(F)cc2)cc1. The van der Waals surface area contributed by atoms with Gasteiger partial charge in [-0.05, 0) is 47.4 Å². The Morgan fingerprint density at radius 1 is 0.875 bits per heavy atom. The topological polar surface area (TPSA) is 12.5 Å². The van der Waals surface area contributed by atoms with Crippen molar-refractivity contribution in [3.05, 3.63) is 77.4 Å². The molecular weight excluding hydrogens is 308 g/mol. The molecular formula is C20H21F2NO. The first-order chi connectivity index (χ1) is 11.7. The summed E-state index contributed by atoms with van der Waals surface area (Å²) < 4.78 is 31.8. The van der Waals surface area contributed by atoms with Gasteiger partial charge in [0.25, 0.3) is 0 Å². The molecule has 0 spiro atoms. The van der Waals surface area contributed by atoms with E-state index in [1.807, 2.05) is 0 Å². The third-order valence-corrected chi connectivity index (χ3v) is 4.21. The smallest absolute Gasteiger partial charge is 0.123 e. The van der Waals surface area contributed by atoms with Gasteiger partial charge in [-0.1, -0.05) is 30.3 Å². The monoisotopic (exact) mass is 329 g/mol. The molecule has 1 fully saturated rings. The second-order valence-corrected chi connectivity index (χ2v) is 5.87. The molecule has 0 bridgehead atoms. The first-order valence-electron chi connectivity index (χ1n) is 8.24. The lowest BCUT2D eigenvalue weighted by atomic mass is 9.96. The van der Waals surface area contributed by atoms with Gasteiger partial charge in [0.05, 0.1) is 13.2 Å².